The third-order valence-corrected chi connectivity index (χ3v) is 7.77. The molecule has 2 fully saturated rings. The van der Waals surface area contributed by atoms with Crippen LogP contribution in [0.15, 0.2) is 46.2 Å². The smallest absolute Gasteiger partial charge is 0.267 e. The van der Waals surface area contributed by atoms with Crippen molar-refractivity contribution in [2.24, 2.45) is 0 Å². The number of rotatable bonds is 4. The number of fused-ring (bicyclic) bond motifs is 2. The predicted octanol–water partition coefficient (Wildman–Crippen LogP) is 3.73. The Bertz CT molecular complexity index is 1480. The highest BCUT2D eigenvalue weighted by Gasteiger charge is 2.33. The van der Waals surface area contributed by atoms with Gasteiger partial charge in [-0.2, -0.15) is 0 Å². The Morgan fingerprint density at radius 1 is 1.14 bits per heavy atom. The van der Waals surface area contributed by atoms with Crippen LogP contribution in [0.2, 0.25) is 0 Å². The quantitative estimate of drug-likeness (QED) is 0.391. The molecule has 3 aliphatic heterocycles. The number of nitrogens with zero attached hydrogens (tertiary/aromatic N) is 4. The lowest BCUT2D eigenvalue weighted by Gasteiger charge is -2.20. The van der Waals surface area contributed by atoms with Gasteiger partial charge in [0.05, 0.1) is 17.0 Å². The number of amides is 1. The van der Waals surface area contributed by atoms with E-state index in [9.17, 15) is 9.59 Å². The molecule has 35 heavy (non-hydrogen) atoms. The molecule has 0 aliphatic carbocycles. The molecule has 0 unspecified atom stereocenters. The first kappa shape index (κ1) is 22.1. The molecule has 6 rings (SSSR count). The van der Waals surface area contributed by atoms with Crippen molar-refractivity contribution in [1.29, 1.82) is 0 Å². The largest absolute Gasteiger partial charge is 0.454 e. The summed E-state index contributed by atoms with van der Waals surface area (Å²) in [5.41, 5.74) is 2.66. The predicted molar refractivity (Wildman–Crippen MR) is 139 cm³/mol. The zero-order valence-corrected chi connectivity index (χ0v) is 20.7. The standard InChI is InChI=1S/C25H22N4O4S2/c1-15-5-4-10-28-21(15)26-22(27-8-2-3-9-27)17(23(28)30)12-20-24(31)29(25(34)35-20)13-16-6-7-18-19(11-16)33-14-32-18/h4-7,10-12H,2-3,8-9,13-14H2,1H3/b20-12-. The Labute approximate surface area is 211 Å². The highest BCUT2D eigenvalue weighted by Crippen LogP contribution is 2.37. The molecule has 0 radical (unpaired) electrons. The molecule has 3 aromatic rings. The molecule has 1 amide bonds. The Hall–Kier alpha value is -3.37. The topological polar surface area (TPSA) is 76.4 Å². The number of aromatic nitrogens is 2. The number of anilines is 1. The Kier molecular flexibility index (Phi) is 5.49. The number of carbonyl (C=O) groups is 1. The number of thioether (sulfide) groups is 1. The van der Waals surface area contributed by atoms with Crippen molar-refractivity contribution in [1.82, 2.24) is 14.3 Å². The van der Waals surface area contributed by atoms with E-state index < -0.39 is 0 Å². The molecule has 5 heterocycles. The van der Waals surface area contributed by atoms with E-state index in [1.807, 2.05) is 37.3 Å². The van der Waals surface area contributed by atoms with Crippen LogP contribution in [0.5, 0.6) is 11.5 Å². The second-order valence-corrected chi connectivity index (χ2v) is 10.4. The van der Waals surface area contributed by atoms with E-state index >= 15 is 0 Å². The molecule has 2 saturated heterocycles. The third kappa shape index (κ3) is 3.86. The van der Waals surface area contributed by atoms with E-state index in [0.717, 1.165) is 37.1 Å². The fraction of sp³-hybridized carbons (Fsp3) is 0.280. The molecule has 0 atom stereocenters. The summed E-state index contributed by atoms with van der Waals surface area (Å²) >= 11 is 6.75. The first-order valence-corrected chi connectivity index (χ1v) is 12.6. The number of carbonyl (C=O) groups excluding carboxylic acids is 1. The van der Waals surface area contributed by atoms with Crippen molar-refractivity contribution in [3.8, 4) is 11.5 Å². The molecule has 178 valence electrons. The van der Waals surface area contributed by atoms with Crippen LogP contribution in [0, 0.1) is 6.92 Å². The maximum atomic E-state index is 13.6. The summed E-state index contributed by atoms with van der Waals surface area (Å²) in [7, 11) is 0. The Balaban J connectivity index is 1.38. The van der Waals surface area contributed by atoms with E-state index in [4.69, 9.17) is 26.7 Å². The summed E-state index contributed by atoms with van der Waals surface area (Å²) in [6.07, 6.45) is 5.47. The number of pyridine rings is 1. The van der Waals surface area contributed by atoms with E-state index in [2.05, 4.69) is 4.90 Å². The lowest BCUT2D eigenvalue weighted by atomic mass is 10.2. The van der Waals surface area contributed by atoms with Crippen LogP contribution in [0.25, 0.3) is 11.7 Å². The minimum atomic E-state index is -0.223. The molecule has 0 spiro atoms. The lowest BCUT2D eigenvalue weighted by Crippen LogP contribution is -2.28. The molecule has 8 nitrogen and oxygen atoms in total. The van der Waals surface area contributed by atoms with Crippen LogP contribution in [0.1, 0.15) is 29.5 Å². The summed E-state index contributed by atoms with van der Waals surface area (Å²) in [6, 6.07) is 9.35. The zero-order chi connectivity index (χ0) is 24.1. The van der Waals surface area contributed by atoms with Crippen molar-refractivity contribution >= 4 is 51.7 Å². The van der Waals surface area contributed by atoms with Gasteiger partial charge < -0.3 is 14.4 Å². The molecule has 2 aromatic heterocycles. The van der Waals surface area contributed by atoms with Crippen molar-refractivity contribution in [2.75, 3.05) is 24.8 Å². The molecular weight excluding hydrogens is 484 g/mol. The number of benzene rings is 1. The molecule has 0 saturated carbocycles. The number of thiocarbonyl (C=S) groups is 1. The van der Waals surface area contributed by atoms with Crippen LogP contribution >= 0.6 is 24.0 Å². The van der Waals surface area contributed by atoms with Gasteiger partial charge in [-0.3, -0.25) is 18.9 Å². The summed E-state index contributed by atoms with van der Waals surface area (Å²) in [5.74, 6) is 1.75. The van der Waals surface area contributed by atoms with E-state index in [1.54, 1.807) is 21.6 Å². The van der Waals surface area contributed by atoms with Gasteiger partial charge in [-0.1, -0.05) is 36.1 Å². The Morgan fingerprint density at radius 2 is 1.94 bits per heavy atom. The third-order valence-electron chi connectivity index (χ3n) is 6.40. The average Bonchev–Trinajstić information content (AvgIpc) is 3.59. The summed E-state index contributed by atoms with van der Waals surface area (Å²) in [4.78, 5) is 35.9. The number of hydrogen-bond acceptors (Lipinski definition) is 8. The van der Waals surface area contributed by atoms with Gasteiger partial charge in [-0.05, 0) is 55.2 Å². The fourth-order valence-electron chi connectivity index (χ4n) is 4.59. The van der Waals surface area contributed by atoms with Gasteiger partial charge in [0.2, 0.25) is 6.79 Å². The fourth-order valence-corrected chi connectivity index (χ4v) is 5.82. The molecule has 0 bridgehead atoms. The number of aryl methyl sites for hydroxylation is 1. The monoisotopic (exact) mass is 506 g/mol. The van der Waals surface area contributed by atoms with Crippen LogP contribution in [0.4, 0.5) is 5.82 Å². The van der Waals surface area contributed by atoms with Gasteiger partial charge in [0.15, 0.2) is 11.5 Å². The zero-order valence-electron chi connectivity index (χ0n) is 19.0. The number of ether oxygens (including phenoxy) is 2. The summed E-state index contributed by atoms with van der Waals surface area (Å²) in [5, 5.41) is 0. The van der Waals surface area contributed by atoms with Crippen LogP contribution in [0.3, 0.4) is 0 Å². The highest BCUT2D eigenvalue weighted by molar-refractivity contribution is 8.26. The lowest BCUT2D eigenvalue weighted by molar-refractivity contribution is -0.122. The van der Waals surface area contributed by atoms with Gasteiger partial charge in [0.1, 0.15) is 15.8 Å². The molecule has 3 aliphatic rings. The molecule has 1 aromatic carbocycles. The van der Waals surface area contributed by atoms with Gasteiger partial charge in [0, 0.05) is 19.3 Å². The van der Waals surface area contributed by atoms with Gasteiger partial charge in [0.25, 0.3) is 11.5 Å². The van der Waals surface area contributed by atoms with Crippen LogP contribution in [-0.2, 0) is 11.3 Å². The summed E-state index contributed by atoms with van der Waals surface area (Å²) in [6.45, 7) is 4.11. The van der Waals surface area contributed by atoms with E-state index in [-0.39, 0.29) is 18.3 Å². The van der Waals surface area contributed by atoms with Crippen LogP contribution in [-0.4, -0.2) is 44.4 Å². The first-order valence-electron chi connectivity index (χ1n) is 11.4. The molecule has 0 N–H and O–H groups in total. The van der Waals surface area contributed by atoms with Gasteiger partial charge in [-0.15, -0.1) is 0 Å². The second-order valence-electron chi connectivity index (χ2n) is 8.69. The SMILES string of the molecule is Cc1cccn2c(=O)c(/C=C3\SC(=S)N(Cc4ccc5c(c4)OCO5)C3=O)c(N3CCCC3)nc12. The molecular formula is C25H22N4O4S2. The molecule has 10 heteroatoms. The Morgan fingerprint density at radius 3 is 2.77 bits per heavy atom. The van der Waals surface area contributed by atoms with Crippen molar-refractivity contribution in [3.63, 3.8) is 0 Å². The van der Waals surface area contributed by atoms with E-state index in [1.165, 1.54) is 11.8 Å². The van der Waals surface area contributed by atoms with Gasteiger partial charge in [-0.25, -0.2) is 4.98 Å². The summed E-state index contributed by atoms with van der Waals surface area (Å²) < 4.78 is 12.8. The normalized spacial score (nSPS) is 18.5. The van der Waals surface area contributed by atoms with Crippen LogP contribution < -0.4 is 19.9 Å². The van der Waals surface area contributed by atoms with Crippen molar-refractivity contribution in [2.45, 2.75) is 26.3 Å². The number of hydrogen-bond donors (Lipinski definition) is 0. The average molecular weight is 507 g/mol. The van der Waals surface area contributed by atoms with Crippen molar-refractivity contribution in [3.05, 3.63) is 68.5 Å². The maximum Gasteiger partial charge on any atom is 0.267 e. The minimum absolute atomic E-state index is 0.191. The van der Waals surface area contributed by atoms with Crippen molar-refractivity contribution < 1.29 is 14.3 Å². The maximum absolute atomic E-state index is 13.6. The minimum Gasteiger partial charge on any atom is -0.454 e. The van der Waals surface area contributed by atoms with E-state index in [0.29, 0.717) is 44.3 Å². The second kappa shape index (κ2) is 8.69. The first-order chi connectivity index (χ1) is 17.0. The highest BCUT2D eigenvalue weighted by atomic mass is 32.2. The van der Waals surface area contributed by atoms with Gasteiger partial charge >= 0.3 is 0 Å².